The van der Waals surface area contributed by atoms with Crippen molar-refractivity contribution in [2.24, 2.45) is 0 Å². The summed E-state index contributed by atoms with van der Waals surface area (Å²) in [5.74, 6) is 0. The number of likely N-dealkylation sites (N-methyl/N-ethyl adjacent to an activating group) is 1. The van der Waals surface area contributed by atoms with E-state index in [1.807, 2.05) is 37.4 Å². The van der Waals surface area contributed by atoms with Crippen LogP contribution in [0.4, 0.5) is 5.69 Å². The highest BCUT2D eigenvalue weighted by atomic mass is 16.3. The van der Waals surface area contributed by atoms with Crippen LogP contribution in [-0.4, -0.2) is 18.7 Å². The summed E-state index contributed by atoms with van der Waals surface area (Å²) < 4.78 is 0. The van der Waals surface area contributed by atoms with Crippen molar-refractivity contribution in [1.82, 2.24) is 0 Å². The lowest BCUT2D eigenvalue weighted by Crippen LogP contribution is -2.22. The molecule has 0 unspecified atom stereocenters. The molecule has 3 heteroatoms. The third-order valence-electron chi connectivity index (χ3n) is 3.60. The van der Waals surface area contributed by atoms with Gasteiger partial charge in [-0.05, 0) is 31.0 Å². The van der Waals surface area contributed by atoms with E-state index >= 15 is 0 Å². The average Bonchev–Trinajstić information content (AvgIpc) is 2.52. The third-order valence-corrected chi connectivity index (χ3v) is 3.60. The monoisotopic (exact) mass is 280 g/mol. The fourth-order valence-electron chi connectivity index (χ4n) is 2.36. The van der Waals surface area contributed by atoms with Gasteiger partial charge < -0.3 is 10.0 Å². The second-order valence-electron chi connectivity index (χ2n) is 5.22. The highest BCUT2D eigenvalue weighted by molar-refractivity contribution is 5.58. The molecule has 0 aliphatic heterocycles. The van der Waals surface area contributed by atoms with Crippen LogP contribution in [0.15, 0.2) is 48.5 Å². The minimum Gasteiger partial charge on any atom is -0.389 e. The highest BCUT2D eigenvalue weighted by Gasteiger charge is 2.12. The molecule has 0 saturated heterocycles. The van der Waals surface area contributed by atoms with Gasteiger partial charge >= 0.3 is 0 Å². The van der Waals surface area contributed by atoms with Gasteiger partial charge in [0.15, 0.2) is 0 Å². The summed E-state index contributed by atoms with van der Waals surface area (Å²) in [6, 6.07) is 17.9. The SMILES string of the molecule is C[C@@H](O)c1ccc(C#N)cc1N(C)CCc1ccccc1. The van der Waals surface area contributed by atoms with E-state index in [-0.39, 0.29) is 0 Å². The lowest BCUT2D eigenvalue weighted by atomic mass is 10.0. The van der Waals surface area contributed by atoms with E-state index in [9.17, 15) is 5.11 Å². The lowest BCUT2D eigenvalue weighted by Gasteiger charge is -2.24. The molecule has 21 heavy (non-hydrogen) atoms. The largest absolute Gasteiger partial charge is 0.389 e. The Balaban J connectivity index is 2.17. The summed E-state index contributed by atoms with van der Waals surface area (Å²) >= 11 is 0. The number of aliphatic hydroxyl groups excluding tert-OH is 1. The van der Waals surface area contributed by atoms with Crippen molar-refractivity contribution in [3.8, 4) is 6.07 Å². The van der Waals surface area contributed by atoms with Gasteiger partial charge in [-0.25, -0.2) is 0 Å². The van der Waals surface area contributed by atoms with Crippen molar-refractivity contribution in [2.75, 3.05) is 18.5 Å². The molecule has 0 radical (unpaired) electrons. The van der Waals surface area contributed by atoms with Crippen LogP contribution in [0.3, 0.4) is 0 Å². The predicted molar refractivity (Wildman–Crippen MR) is 85.2 cm³/mol. The van der Waals surface area contributed by atoms with Gasteiger partial charge in [-0.3, -0.25) is 0 Å². The Morgan fingerprint density at radius 3 is 2.52 bits per heavy atom. The minimum absolute atomic E-state index is 0.549. The summed E-state index contributed by atoms with van der Waals surface area (Å²) in [6.07, 6.45) is 0.375. The second-order valence-corrected chi connectivity index (χ2v) is 5.22. The second kappa shape index (κ2) is 6.92. The molecule has 2 aromatic carbocycles. The fraction of sp³-hybridized carbons (Fsp3) is 0.278. The molecule has 1 atom stereocenters. The Morgan fingerprint density at radius 1 is 1.19 bits per heavy atom. The number of aliphatic hydroxyl groups is 1. The Hall–Kier alpha value is -2.31. The molecule has 0 amide bonds. The van der Waals surface area contributed by atoms with Crippen LogP contribution in [0.2, 0.25) is 0 Å². The average molecular weight is 280 g/mol. The molecule has 0 spiro atoms. The smallest absolute Gasteiger partial charge is 0.0992 e. The first-order valence-corrected chi connectivity index (χ1v) is 7.09. The van der Waals surface area contributed by atoms with Gasteiger partial charge in [-0.1, -0.05) is 36.4 Å². The number of benzene rings is 2. The maximum absolute atomic E-state index is 9.89. The van der Waals surface area contributed by atoms with E-state index in [1.54, 1.807) is 13.0 Å². The fourth-order valence-corrected chi connectivity index (χ4v) is 2.36. The van der Waals surface area contributed by atoms with E-state index in [0.717, 1.165) is 24.2 Å². The zero-order valence-electron chi connectivity index (χ0n) is 12.5. The van der Waals surface area contributed by atoms with E-state index in [2.05, 4.69) is 23.1 Å². The predicted octanol–water partition coefficient (Wildman–Crippen LogP) is 3.29. The van der Waals surface area contributed by atoms with Gasteiger partial charge in [0, 0.05) is 24.8 Å². The van der Waals surface area contributed by atoms with Crippen LogP contribution in [-0.2, 0) is 6.42 Å². The lowest BCUT2D eigenvalue weighted by molar-refractivity contribution is 0.199. The number of anilines is 1. The van der Waals surface area contributed by atoms with Crippen molar-refractivity contribution in [2.45, 2.75) is 19.4 Å². The highest BCUT2D eigenvalue weighted by Crippen LogP contribution is 2.27. The van der Waals surface area contributed by atoms with Gasteiger partial charge in [-0.2, -0.15) is 5.26 Å². The summed E-state index contributed by atoms with van der Waals surface area (Å²) in [4.78, 5) is 2.09. The quantitative estimate of drug-likeness (QED) is 0.914. The molecule has 2 aromatic rings. The Morgan fingerprint density at radius 2 is 1.90 bits per heavy atom. The summed E-state index contributed by atoms with van der Waals surface area (Å²) in [6.45, 7) is 2.58. The first kappa shape index (κ1) is 15.1. The van der Waals surface area contributed by atoms with Gasteiger partial charge in [0.2, 0.25) is 0 Å². The first-order chi connectivity index (χ1) is 10.1. The number of nitriles is 1. The Labute approximate surface area is 126 Å². The maximum atomic E-state index is 9.89. The van der Waals surface area contributed by atoms with Crippen LogP contribution in [0.25, 0.3) is 0 Å². The van der Waals surface area contributed by atoms with Crippen molar-refractivity contribution in [1.29, 1.82) is 5.26 Å². The summed E-state index contributed by atoms with van der Waals surface area (Å²) in [5.41, 5.74) is 3.66. The molecular weight excluding hydrogens is 260 g/mol. The van der Waals surface area contributed by atoms with Crippen LogP contribution in [0.5, 0.6) is 0 Å². The van der Waals surface area contributed by atoms with Crippen molar-refractivity contribution in [3.05, 3.63) is 65.2 Å². The Kier molecular flexibility index (Phi) is 4.97. The van der Waals surface area contributed by atoms with Crippen LogP contribution >= 0.6 is 0 Å². The van der Waals surface area contributed by atoms with E-state index in [4.69, 9.17) is 5.26 Å². The number of hydrogen-bond acceptors (Lipinski definition) is 3. The van der Waals surface area contributed by atoms with Crippen LogP contribution in [0, 0.1) is 11.3 Å². The van der Waals surface area contributed by atoms with E-state index in [1.165, 1.54) is 5.56 Å². The Bertz CT molecular complexity index is 629. The molecule has 3 nitrogen and oxygen atoms in total. The van der Waals surface area contributed by atoms with Crippen LogP contribution in [0.1, 0.15) is 29.7 Å². The molecule has 0 aliphatic carbocycles. The van der Waals surface area contributed by atoms with Crippen molar-refractivity contribution < 1.29 is 5.11 Å². The number of rotatable bonds is 5. The molecule has 0 bridgehead atoms. The molecule has 0 aliphatic rings. The third kappa shape index (κ3) is 3.84. The zero-order valence-corrected chi connectivity index (χ0v) is 12.5. The maximum Gasteiger partial charge on any atom is 0.0992 e. The zero-order chi connectivity index (χ0) is 15.2. The van der Waals surface area contributed by atoms with Crippen molar-refractivity contribution >= 4 is 5.69 Å². The molecular formula is C18H20N2O. The topological polar surface area (TPSA) is 47.3 Å². The minimum atomic E-state index is -0.549. The number of nitrogens with zero attached hydrogens (tertiary/aromatic N) is 2. The van der Waals surface area contributed by atoms with Gasteiger partial charge in [-0.15, -0.1) is 0 Å². The molecule has 0 fully saturated rings. The van der Waals surface area contributed by atoms with Crippen LogP contribution < -0.4 is 4.90 Å². The number of hydrogen-bond donors (Lipinski definition) is 1. The molecule has 0 aromatic heterocycles. The normalized spacial score (nSPS) is 11.7. The summed E-state index contributed by atoms with van der Waals surface area (Å²) in [5, 5.41) is 18.9. The molecule has 108 valence electrons. The van der Waals surface area contributed by atoms with Gasteiger partial charge in [0.25, 0.3) is 0 Å². The molecule has 0 heterocycles. The molecule has 0 saturated carbocycles. The molecule has 2 rings (SSSR count). The summed E-state index contributed by atoms with van der Waals surface area (Å²) in [7, 11) is 1.99. The first-order valence-electron chi connectivity index (χ1n) is 7.09. The van der Waals surface area contributed by atoms with E-state index < -0.39 is 6.10 Å². The van der Waals surface area contributed by atoms with Crippen molar-refractivity contribution in [3.63, 3.8) is 0 Å². The molecule has 1 N–H and O–H groups in total. The van der Waals surface area contributed by atoms with Gasteiger partial charge in [0.1, 0.15) is 0 Å². The standard InChI is InChI=1S/C18H20N2O/c1-14(21)17-9-8-16(13-19)12-18(17)20(2)11-10-15-6-4-3-5-7-15/h3-9,12,14,21H,10-11H2,1-2H3/t14-/m1/s1. The van der Waals surface area contributed by atoms with Gasteiger partial charge in [0.05, 0.1) is 17.7 Å². The van der Waals surface area contributed by atoms with E-state index in [0.29, 0.717) is 5.56 Å².